The number of carbonyl (C=O) groups excluding carboxylic acids is 1. The Morgan fingerprint density at radius 3 is 2.58 bits per heavy atom. The molecule has 0 bridgehead atoms. The van der Waals surface area contributed by atoms with Crippen LogP contribution in [-0.2, 0) is 10.0 Å². The van der Waals surface area contributed by atoms with Crippen LogP contribution in [0, 0.1) is 0 Å². The Balaban J connectivity index is 1.72. The average molecular weight is 345 g/mol. The lowest BCUT2D eigenvalue weighted by Crippen LogP contribution is -2.46. The summed E-state index contributed by atoms with van der Waals surface area (Å²) in [6, 6.07) is 13.9. The minimum atomic E-state index is -3.55. The second kappa shape index (κ2) is 7.00. The molecule has 0 saturated carbocycles. The van der Waals surface area contributed by atoms with Crippen molar-refractivity contribution in [1.82, 2.24) is 9.88 Å². The molecule has 6 nitrogen and oxygen atoms in total. The Morgan fingerprint density at radius 1 is 1.12 bits per heavy atom. The van der Waals surface area contributed by atoms with Gasteiger partial charge in [-0.3, -0.25) is 14.5 Å². The molecule has 1 aliphatic heterocycles. The van der Waals surface area contributed by atoms with Gasteiger partial charge in [0.2, 0.25) is 10.0 Å². The lowest BCUT2D eigenvalue weighted by Gasteiger charge is -2.32. The number of piperidine rings is 1. The molecule has 7 heteroatoms. The zero-order chi connectivity index (χ0) is 17.0. The van der Waals surface area contributed by atoms with Gasteiger partial charge in [0.15, 0.2) is 0 Å². The third-order valence-corrected chi connectivity index (χ3v) is 5.80. The summed E-state index contributed by atoms with van der Waals surface area (Å²) in [5, 5.41) is -0.626. The number of hydrogen-bond donors (Lipinski definition) is 1. The number of pyridine rings is 1. The van der Waals surface area contributed by atoms with Crippen LogP contribution in [0.3, 0.4) is 0 Å². The predicted molar refractivity (Wildman–Crippen MR) is 92.1 cm³/mol. The zero-order valence-corrected chi connectivity index (χ0v) is 13.9. The number of nitrogens with zero attached hydrogens (tertiary/aromatic N) is 2. The summed E-state index contributed by atoms with van der Waals surface area (Å²) < 4.78 is 27.8. The maximum Gasteiger partial charge on any atom is 0.272 e. The molecule has 1 N–H and O–H groups in total. The van der Waals surface area contributed by atoms with E-state index in [9.17, 15) is 13.2 Å². The summed E-state index contributed by atoms with van der Waals surface area (Å²) in [4.78, 5) is 18.1. The van der Waals surface area contributed by atoms with Crippen molar-refractivity contribution in [3.8, 4) is 0 Å². The Hall–Kier alpha value is -2.41. The van der Waals surface area contributed by atoms with E-state index in [0.29, 0.717) is 30.8 Å². The van der Waals surface area contributed by atoms with Crippen molar-refractivity contribution < 1.29 is 13.2 Å². The lowest BCUT2D eigenvalue weighted by molar-refractivity contribution is 0.0721. The Labute approximate surface area is 141 Å². The SMILES string of the molecule is O=C(c1ccccn1)N1CCC[C@H](S(=O)(=O)Nc2ccccc2)C1. The van der Waals surface area contributed by atoms with Crippen LogP contribution in [-0.4, -0.2) is 42.5 Å². The first-order valence-electron chi connectivity index (χ1n) is 7.83. The van der Waals surface area contributed by atoms with Crippen molar-refractivity contribution in [3.63, 3.8) is 0 Å². The van der Waals surface area contributed by atoms with Crippen LogP contribution in [0.1, 0.15) is 23.3 Å². The average Bonchev–Trinajstić information content (AvgIpc) is 2.62. The molecule has 2 aromatic rings. The number of nitrogens with one attached hydrogen (secondary N) is 1. The Morgan fingerprint density at radius 2 is 1.88 bits per heavy atom. The van der Waals surface area contributed by atoms with Gasteiger partial charge in [-0.2, -0.15) is 0 Å². The largest absolute Gasteiger partial charge is 0.336 e. The molecule has 0 radical (unpaired) electrons. The summed E-state index contributed by atoms with van der Waals surface area (Å²) in [5.74, 6) is -0.227. The highest BCUT2D eigenvalue weighted by Crippen LogP contribution is 2.21. The third-order valence-electron chi connectivity index (χ3n) is 4.02. The van der Waals surface area contributed by atoms with E-state index in [4.69, 9.17) is 0 Å². The topological polar surface area (TPSA) is 79.4 Å². The quantitative estimate of drug-likeness (QED) is 0.921. The van der Waals surface area contributed by atoms with Crippen LogP contribution in [0.2, 0.25) is 0 Å². The van der Waals surface area contributed by atoms with Gasteiger partial charge in [0, 0.05) is 25.0 Å². The fraction of sp³-hybridized carbons (Fsp3) is 0.294. The molecule has 1 aromatic carbocycles. The minimum Gasteiger partial charge on any atom is -0.336 e. The molecular formula is C17H19N3O3S. The first-order chi connectivity index (χ1) is 11.6. The highest BCUT2D eigenvalue weighted by atomic mass is 32.2. The molecule has 3 rings (SSSR count). The number of rotatable bonds is 4. The number of anilines is 1. The van der Waals surface area contributed by atoms with Gasteiger partial charge in [-0.1, -0.05) is 24.3 Å². The van der Waals surface area contributed by atoms with Crippen LogP contribution < -0.4 is 4.72 Å². The van der Waals surface area contributed by atoms with Crippen LogP contribution in [0.15, 0.2) is 54.7 Å². The molecule has 1 aromatic heterocycles. The van der Waals surface area contributed by atoms with Crippen LogP contribution in [0.4, 0.5) is 5.69 Å². The van der Waals surface area contributed by atoms with E-state index >= 15 is 0 Å². The van der Waals surface area contributed by atoms with Crippen LogP contribution in [0.25, 0.3) is 0 Å². The van der Waals surface area contributed by atoms with E-state index in [1.165, 1.54) is 0 Å². The van der Waals surface area contributed by atoms with E-state index in [1.807, 2.05) is 6.07 Å². The van der Waals surface area contributed by atoms with Gasteiger partial charge in [0.1, 0.15) is 5.69 Å². The van der Waals surface area contributed by atoms with Gasteiger partial charge in [0.25, 0.3) is 5.91 Å². The molecule has 24 heavy (non-hydrogen) atoms. The summed E-state index contributed by atoms with van der Waals surface area (Å²) >= 11 is 0. The molecule has 1 atom stereocenters. The number of sulfonamides is 1. The molecule has 1 fully saturated rings. The zero-order valence-electron chi connectivity index (χ0n) is 13.1. The van der Waals surface area contributed by atoms with Gasteiger partial charge >= 0.3 is 0 Å². The second-order valence-electron chi connectivity index (χ2n) is 5.74. The fourth-order valence-corrected chi connectivity index (χ4v) is 4.27. The summed E-state index contributed by atoms with van der Waals surface area (Å²) in [6.45, 7) is 0.727. The van der Waals surface area contributed by atoms with Crippen LogP contribution in [0.5, 0.6) is 0 Å². The maximum atomic E-state index is 12.6. The molecule has 0 unspecified atom stereocenters. The molecular weight excluding hydrogens is 326 g/mol. The number of amides is 1. The van der Waals surface area contributed by atoms with Gasteiger partial charge in [0.05, 0.1) is 5.25 Å². The number of likely N-dealkylation sites (tertiary alicyclic amines) is 1. The first kappa shape index (κ1) is 16.4. The van der Waals surface area contributed by atoms with Crippen LogP contribution >= 0.6 is 0 Å². The second-order valence-corrected chi connectivity index (χ2v) is 7.70. The first-order valence-corrected chi connectivity index (χ1v) is 9.38. The van der Waals surface area contributed by atoms with E-state index in [2.05, 4.69) is 9.71 Å². The number of carbonyl (C=O) groups is 1. The monoisotopic (exact) mass is 345 g/mol. The number of hydrogen-bond acceptors (Lipinski definition) is 4. The number of benzene rings is 1. The highest BCUT2D eigenvalue weighted by Gasteiger charge is 2.33. The number of para-hydroxylation sites is 1. The van der Waals surface area contributed by atoms with E-state index in [0.717, 1.165) is 0 Å². The van der Waals surface area contributed by atoms with E-state index in [-0.39, 0.29) is 12.5 Å². The predicted octanol–water partition coefficient (Wildman–Crippen LogP) is 2.13. The molecule has 2 heterocycles. The van der Waals surface area contributed by atoms with Gasteiger partial charge in [-0.25, -0.2) is 8.42 Å². The van der Waals surface area contributed by atoms with Crippen molar-refractivity contribution in [1.29, 1.82) is 0 Å². The maximum absolute atomic E-state index is 12.6. The molecule has 126 valence electrons. The summed E-state index contributed by atoms with van der Waals surface area (Å²) in [6.07, 6.45) is 2.75. The van der Waals surface area contributed by atoms with Crippen molar-refractivity contribution in [3.05, 3.63) is 60.4 Å². The fourth-order valence-electron chi connectivity index (χ4n) is 2.78. The smallest absolute Gasteiger partial charge is 0.272 e. The highest BCUT2D eigenvalue weighted by molar-refractivity contribution is 7.93. The number of aromatic nitrogens is 1. The third kappa shape index (κ3) is 3.73. The normalized spacial score (nSPS) is 18.2. The standard InChI is InChI=1S/C17H19N3O3S/c21-17(16-10-4-5-11-18-16)20-12-6-9-15(13-20)24(22,23)19-14-7-2-1-3-8-14/h1-5,7-8,10-11,15,19H,6,9,12-13H2/t15-/m0/s1. The van der Waals surface area contributed by atoms with Crippen molar-refractivity contribution in [2.24, 2.45) is 0 Å². The van der Waals surface area contributed by atoms with Gasteiger partial charge < -0.3 is 4.90 Å². The molecule has 0 aliphatic carbocycles. The molecule has 1 saturated heterocycles. The summed E-state index contributed by atoms with van der Waals surface area (Å²) in [5.41, 5.74) is 0.872. The summed E-state index contributed by atoms with van der Waals surface area (Å²) in [7, 11) is -3.55. The Bertz CT molecular complexity index is 794. The van der Waals surface area contributed by atoms with Gasteiger partial charge in [-0.15, -0.1) is 0 Å². The molecule has 1 aliphatic rings. The lowest BCUT2D eigenvalue weighted by atomic mass is 10.1. The van der Waals surface area contributed by atoms with Crippen molar-refractivity contribution in [2.75, 3.05) is 17.8 Å². The van der Waals surface area contributed by atoms with E-state index in [1.54, 1.807) is 53.6 Å². The minimum absolute atomic E-state index is 0.178. The van der Waals surface area contributed by atoms with Crippen molar-refractivity contribution >= 4 is 21.6 Å². The van der Waals surface area contributed by atoms with Gasteiger partial charge in [-0.05, 0) is 37.1 Å². The Kier molecular flexibility index (Phi) is 4.80. The molecule has 1 amide bonds. The van der Waals surface area contributed by atoms with Crippen molar-refractivity contribution in [2.45, 2.75) is 18.1 Å². The van der Waals surface area contributed by atoms with E-state index < -0.39 is 15.3 Å². The molecule has 0 spiro atoms.